The van der Waals surface area contributed by atoms with Crippen LogP contribution in [0.4, 0.5) is 9.59 Å². The number of H-pyrrole nitrogens is 1. The predicted octanol–water partition coefficient (Wildman–Crippen LogP) is 3.61. The standard InChI is InChI=1S/C20H24N4O4/c1-3-27-19(25)23-24(20(26)28-4-2)17-11-7-10-15(17)14-8-5-6-9-16(14)18-21-12-13-22-18/h5-10,12-13,15,17H,3-4,11H2,1-2H3,(H,21,22)(H,23,25)/t15-,17+/m0/s1. The Labute approximate surface area is 163 Å². The van der Waals surface area contributed by atoms with Gasteiger partial charge in [0, 0.05) is 23.9 Å². The highest BCUT2D eigenvalue weighted by Crippen LogP contribution is 2.37. The van der Waals surface area contributed by atoms with Crippen LogP contribution in [0.3, 0.4) is 0 Å². The molecule has 1 aromatic carbocycles. The van der Waals surface area contributed by atoms with Gasteiger partial charge in [0.1, 0.15) is 5.82 Å². The van der Waals surface area contributed by atoms with Crippen molar-refractivity contribution in [2.75, 3.05) is 13.2 Å². The van der Waals surface area contributed by atoms with Crippen LogP contribution in [0.15, 0.2) is 48.8 Å². The number of aromatic amines is 1. The number of nitrogens with one attached hydrogen (secondary N) is 2. The zero-order chi connectivity index (χ0) is 19.9. The van der Waals surface area contributed by atoms with Crippen molar-refractivity contribution in [3.05, 3.63) is 54.4 Å². The Morgan fingerprint density at radius 1 is 1.25 bits per heavy atom. The summed E-state index contributed by atoms with van der Waals surface area (Å²) in [6.45, 7) is 3.83. The third-order valence-corrected chi connectivity index (χ3v) is 4.49. The van der Waals surface area contributed by atoms with Crippen LogP contribution in [-0.4, -0.2) is 46.4 Å². The normalized spacial score (nSPS) is 17.9. The largest absolute Gasteiger partial charge is 0.449 e. The second kappa shape index (κ2) is 9.07. The van der Waals surface area contributed by atoms with Crippen molar-refractivity contribution < 1.29 is 19.1 Å². The zero-order valence-corrected chi connectivity index (χ0v) is 15.9. The van der Waals surface area contributed by atoms with E-state index in [4.69, 9.17) is 9.47 Å². The Morgan fingerprint density at radius 2 is 2.04 bits per heavy atom. The fourth-order valence-electron chi connectivity index (χ4n) is 3.35. The highest BCUT2D eigenvalue weighted by Gasteiger charge is 2.36. The van der Waals surface area contributed by atoms with E-state index in [1.807, 2.05) is 36.4 Å². The van der Waals surface area contributed by atoms with E-state index in [-0.39, 0.29) is 25.2 Å². The number of aromatic nitrogens is 2. The van der Waals surface area contributed by atoms with E-state index in [2.05, 4.69) is 15.4 Å². The summed E-state index contributed by atoms with van der Waals surface area (Å²) in [4.78, 5) is 32.0. The number of hydrazine groups is 1. The van der Waals surface area contributed by atoms with Gasteiger partial charge < -0.3 is 14.5 Å². The maximum atomic E-state index is 12.5. The molecule has 1 aromatic heterocycles. The molecule has 0 bridgehead atoms. The molecule has 0 aliphatic heterocycles. The van der Waals surface area contributed by atoms with E-state index in [9.17, 15) is 9.59 Å². The second-order valence-corrected chi connectivity index (χ2v) is 6.18. The number of rotatable bonds is 5. The van der Waals surface area contributed by atoms with Crippen LogP contribution in [-0.2, 0) is 9.47 Å². The second-order valence-electron chi connectivity index (χ2n) is 6.18. The summed E-state index contributed by atoms with van der Waals surface area (Å²) >= 11 is 0. The van der Waals surface area contributed by atoms with Crippen molar-refractivity contribution in [2.45, 2.75) is 32.2 Å². The summed E-state index contributed by atoms with van der Waals surface area (Å²) in [7, 11) is 0. The average molecular weight is 384 g/mol. The van der Waals surface area contributed by atoms with Crippen molar-refractivity contribution >= 4 is 12.2 Å². The summed E-state index contributed by atoms with van der Waals surface area (Å²) < 4.78 is 10.1. The van der Waals surface area contributed by atoms with Crippen LogP contribution in [0, 0.1) is 0 Å². The molecule has 1 heterocycles. The van der Waals surface area contributed by atoms with Gasteiger partial charge in [-0.1, -0.05) is 36.4 Å². The first-order chi connectivity index (χ1) is 13.7. The number of hydrogen-bond donors (Lipinski definition) is 2. The Hall–Kier alpha value is -3.29. The lowest BCUT2D eigenvalue weighted by atomic mass is 9.90. The molecule has 28 heavy (non-hydrogen) atoms. The maximum absolute atomic E-state index is 12.5. The van der Waals surface area contributed by atoms with Gasteiger partial charge in [-0.25, -0.2) is 25.0 Å². The fraction of sp³-hybridized carbons (Fsp3) is 0.350. The lowest BCUT2D eigenvalue weighted by molar-refractivity contribution is 0.0541. The first-order valence-corrected chi connectivity index (χ1v) is 9.30. The van der Waals surface area contributed by atoms with Gasteiger partial charge in [-0.05, 0) is 25.8 Å². The SMILES string of the molecule is CCOC(=O)NN(C(=O)OCC)[C@@H]1CC=C[C@H]1c1ccccc1-c1ncc[nH]1. The van der Waals surface area contributed by atoms with Gasteiger partial charge in [0.05, 0.1) is 19.3 Å². The van der Waals surface area contributed by atoms with Gasteiger partial charge in [0.15, 0.2) is 0 Å². The summed E-state index contributed by atoms with van der Waals surface area (Å²) in [6.07, 6.45) is 6.74. The van der Waals surface area contributed by atoms with Gasteiger partial charge in [0.2, 0.25) is 0 Å². The summed E-state index contributed by atoms with van der Waals surface area (Å²) in [5.74, 6) is 0.600. The van der Waals surface area contributed by atoms with Gasteiger partial charge in [-0.3, -0.25) is 0 Å². The Kier molecular flexibility index (Phi) is 6.31. The molecule has 2 atom stereocenters. The molecule has 2 aromatic rings. The molecule has 3 rings (SSSR count). The minimum absolute atomic E-state index is 0.146. The molecule has 1 aliphatic rings. The van der Waals surface area contributed by atoms with Crippen molar-refractivity contribution in [2.24, 2.45) is 0 Å². The van der Waals surface area contributed by atoms with Crippen LogP contribution in [0.5, 0.6) is 0 Å². The molecule has 0 unspecified atom stereocenters. The van der Waals surface area contributed by atoms with Gasteiger partial charge in [0.25, 0.3) is 0 Å². The Balaban J connectivity index is 1.92. The minimum Gasteiger partial charge on any atom is -0.449 e. The average Bonchev–Trinajstić information content (AvgIpc) is 3.38. The highest BCUT2D eigenvalue weighted by atomic mass is 16.6. The van der Waals surface area contributed by atoms with Crippen molar-refractivity contribution in [1.29, 1.82) is 0 Å². The molecule has 0 radical (unpaired) electrons. The lowest BCUT2D eigenvalue weighted by Crippen LogP contribution is -2.53. The van der Waals surface area contributed by atoms with E-state index in [1.165, 1.54) is 5.01 Å². The molecule has 148 valence electrons. The molecule has 0 saturated carbocycles. The molecular weight excluding hydrogens is 360 g/mol. The topological polar surface area (TPSA) is 96.6 Å². The van der Waals surface area contributed by atoms with Crippen LogP contribution in [0.25, 0.3) is 11.4 Å². The van der Waals surface area contributed by atoms with Crippen molar-refractivity contribution in [1.82, 2.24) is 20.4 Å². The molecule has 1 aliphatic carbocycles. The van der Waals surface area contributed by atoms with E-state index in [0.717, 1.165) is 17.0 Å². The van der Waals surface area contributed by atoms with E-state index in [0.29, 0.717) is 6.42 Å². The maximum Gasteiger partial charge on any atom is 0.429 e. The molecule has 2 N–H and O–H groups in total. The third kappa shape index (κ3) is 4.16. The molecule has 0 saturated heterocycles. The molecule has 8 heteroatoms. The molecule has 0 spiro atoms. The zero-order valence-electron chi connectivity index (χ0n) is 15.9. The fourth-order valence-corrected chi connectivity index (χ4v) is 3.35. The monoisotopic (exact) mass is 384 g/mol. The molecular formula is C20H24N4O4. The van der Waals surface area contributed by atoms with E-state index < -0.39 is 12.2 Å². The smallest absolute Gasteiger partial charge is 0.429 e. The molecule has 8 nitrogen and oxygen atoms in total. The number of benzene rings is 1. The summed E-state index contributed by atoms with van der Waals surface area (Å²) in [5.41, 5.74) is 4.47. The Morgan fingerprint density at radius 3 is 2.75 bits per heavy atom. The quantitative estimate of drug-likeness (QED) is 0.606. The van der Waals surface area contributed by atoms with Crippen molar-refractivity contribution in [3.8, 4) is 11.4 Å². The van der Waals surface area contributed by atoms with Crippen LogP contribution >= 0.6 is 0 Å². The van der Waals surface area contributed by atoms with Crippen molar-refractivity contribution in [3.63, 3.8) is 0 Å². The first kappa shape index (κ1) is 19.5. The van der Waals surface area contributed by atoms with Gasteiger partial charge in [-0.2, -0.15) is 0 Å². The minimum atomic E-state index is -0.694. The van der Waals surface area contributed by atoms with Crippen LogP contribution in [0.1, 0.15) is 31.7 Å². The number of imidazole rings is 1. The molecule has 2 amide bonds. The van der Waals surface area contributed by atoms with Gasteiger partial charge in [-0.15, -0.1) is 0 Å². The van der Waals surface area contributed by atoms with Gasteiger partial charge >= 0.3 is 12.2 Å². The Bertz CT molecular complexity index is 834. The summed E-state index contributed by atoms with van der Waals surface area (Å²) in [6, 6.07) is 7.51. The third-order valence-electron chi connectivity index (χ3n) is 4.49. The highest BCUT2D eigenvalue weighted by molar-refractivity contribution is 5.75. The first-order valence-electron chi connectivity index (χ1n) is 9.30. The predicted molar refractivity (Wildman–Crippen MR) is 103 cm³/mol. The number of carbonyl (C=O) groups excluding carboxylic acids is 2. The van der Waals surface area contributed by atoms with E-state index in [1.54, 1.807) is 26.2 Å². The van der Waals surface area contributed by atoms with Crippen LogP contribution in [0.2, 0.25) is 0 Å². The number of hydrogen-bond acceptors (Lipinski definition) is 5. The van der Waals surface area contributed by atoms with Crippen LogP contribution < -0.4 is 5.43 Å². The number of carbonyl (C=O) groups is 2. The molecule has 0 fully saturated rings. The number of ether oxygens (including phenoxy) is 2. The summed E-state index contributed by atoms with van der Waals surface area (Å²) in [5, 5.41) is 1.23. The van der Waals surface area contributed by atoms with E-state index >= 15 is 0 Å². The lowest BCUT2D eigenvalue weighted by Gasteiger charge is -2.32. The number of nitrogens with zero attached hydrogens (tertiary/aromatic N) is 2. The number of amides is 2.